The number of urea groups is 1. The number of ketones is 1. The van der Waals surface area contributed by atoms with Gasteiger partial charge >= 0.3 is 6.03 Å². The highest BCUT2D eigenvalue weighted by atomic mass is 16.2. The van der Waals surface area contributed by atoms with E-state index < -0.39 is 28.7 Å². The van der Waals surface area contributed by atoms with Crippen LogP contribution in [-0.4, -0.2) is 23.6 Å². The van der Waals surface area contributed by atoms with Crippen LogP contribution in [0.15, 0.2) is 24.3 Å². The Morgan fingerprint density at radius 3 is 2.05 bits per heavy atom. The van der Waals surface area contributed by atoms with Gasteiger partial charge in [-0.3, -0.25) is 25.0 Å². The number of rotatable bonds is 0. The van der Waals surface area contributed by atoms with E-state index in [-0.39, 0.29) is 5.78 Å². The maximum atomic E-state index is 12.2. The van der Waals surface area contributed by atoms with Gasteiger partial charge in [-0.2, -0.15) is 0 Å². The quantitative estimate of drug-likeness (QED) is 0.609. The topological polar surface area (TPSA) is 92.3 Å². The second-order valence-corrected chi connectivity index (χ2v) is 5.11. The van der Waals surface area contributed by atoms with Gasteiger partial charge in [-0.25, -0.2) is 4.79 Å². The fourth-order valence-corrected chi connectivity index (χ4v) is 3.32. The van der Waals surface area contributed by atoms with Gasteiger partial charge in [-0.15, -0.1) is 0 Å². The Morgan fingerprint density at radius 1 is 0.895 bits per heavy atom. The van der Waals surface area contributed by atoms with E-state index in [1.807, 2.05) is 0 Å². The molecule has 2 fully saturated rings. The first-order valence-electron chi connectivity index (χ1n) is 6.09. The predicted octanol–water partition coefficient (Wildman–Crippen LogP) is 0.204. The summed E-state index contributed by atoms with van der Waals surface area (Å²) in [6, 6.07) is -0.789. The van der Waals surface area contributed by atoms with Crippen molar-refractivity contribution in [2.24, 2.45) is 10.8 Å². The highest BCUT2D eigenvalue weighted by molar-refractivity contribution is 6.20. The predicted molar refractivity (Wildman–Crippen MR) is 63.7 cm³/mol. The molecule has 2 N–H and O–H groups in total. The molecule has 1 saturated heterocycles. The number of fused-ring (bicyclic) bond motifs is 1. The largest absolute Gasteiger partial charge is 0.328 e. The van der Waals surface area contributed by atoms with Gasteiger partial charge < -0.3 is 0 Å². The van der Waals surface area contributed by atoms with Crippen molar-refractivity contribution in [3.05, 3.63) is 24.3 Å². The minimum atomic E-state index is -1.32. The fourth-order valence-electron chi connectivity index (χ4n) is 3.32. The molecule has 98 valence electrons. The first-order chi connectivity index (χ1) is 9.00. The molecule has 1 aliphatic heterocycles. The van der Waals surface area contributed by atoms with Crippen LogP contribution in [-0.2, 0) is 14.4 Å². The number of barbiturate groups is 1. The first kappa shape index (κ1) is 11.8. The third kappa shape index (κ3) is 1.36. The summed E-state index contributed by atoms with van der Waals surface area (Å²) in [4.78, 5) is 47.0. The number of nitrogens with one attached hydrogen (secondary N) is 2. The normalized spacial score (nSPS) is 26.9. The lowest BCUT2D eigenvalue weighted by molar-refractivity contribution is -0.148. The van der Waals surface area contributed by atoms with Gasteiger partial charge in [-0.05, 0) is 25.0 Å². The van der Waals surface area contributed by atoms with Crippen LogP contribution in [0.2, 0.25) is 0 Å². The summed E-state index contributed by atoms with van der Waals surface area (Å²) >= 11 is 0. The van der Waals surface area contributed by atoms with Crippen LogP contribution in [0, 0.1) is 10.8 Å². The lowest BCUT2D eigenvalue weighted by Gasteiger charge is -2.42. The SMILES string of the molecule is O=C1C=CC2(C=C1)CCCC21C(=O)NC(=O)NC1=O. The molecule has 1 heterocycles. The molecular formula is C13H12N2O4. The Bertz CT molecular complexity index is 537. The average molecular weight is 260 g/mol. The van der Waals surface area contributed by atoms with E-state index in [1.54, 1.807) is 12.2 Å². The van der Waals surface area contributed by atoms with Crippen LogP contribution in [0.25, 0.3) is 0 Å². The number of hydrogen-bond donors (Lipinski definition) is 2. The van der Waals surface area contributed by atoms with Crippen molar-refractivity contribution in [3.63, 3.8) is 0 Å². The molecule has 2 aliphatic carbocycles. The maximum absolute atomic E-state index is 12.2. The zero-order chi connectivity index (χ0) is 13.7. The molecule has 3 rings (SSSR count). The van der Waals surface area contributed by atoms with Crippen LogP contribution in [0.3, 0.4) is 0 Å². The molecule has 3 aliphatic rings. The molecule has 0 unspecified atom stereocenters. The third-order valence-electron chi connectivity index (χ3n) is 4.26. The van der Waals surface area contributed by atoms with E-state index >= 15 is 0 Å². The smallest absolute Gasteiger partial charge is 0.290 e. The Labute approximate surface area is 108 Å². The number of carbonyl (C=O) groups excluding carboxylic acids is 4. The van der Waals surface area contributed by atoms with Crippen molar-refractivity contribution in [1.82, 2.24) is 10.6 Å². The number of amides is 4. The van der Waals surface area contributed by atoms with Crippen LogP contribution >= 0.6 is 0 Å². The summed E-state index contributed by atoms with van der Waals surface area (Å²) < 4.78 is 0. The van der Waals surface area contributed by atoms with Gasteiger partial charge in [0.15, 0.2) is 5.78 Å². The summed E-state index contributed by atoms with van der Waals surface area (Å²) in [5.41, 5.74) is -2.13. The number of allylic oxidation sites excluding steroid dienone is 4. The number of carbonyl (C=O) groups is 4. The standard InChI is InChI=1S/C13H12N2O4/c16-8-2-6-12(7-3-8)4-1-5-13(12)9(17)14-11(19)15-10(13)18/h2-3,6-7H,1,4-5H2,(H2,14,15,17,18,19). The molecule has 19 heavy (non-hydrogen) atoms. The maximum Gasteiger partial charge on any atom is 0.328 e. The minimum Gasteiger partial charge on any atom is -0.290 e. The first-order valence-corrected chi connectivity index (χ1v) is 6.09. The summed E-state index contributed by atoms with van der Waals surface area (Å²) in [5.74, 6) is -1.33. The number of hydrogen-bond acceptors (Lipinski definition) is 4. The van der Waals surface area contributed by atoms with E-state index in [0.717, 1.165) is 0 Å². The third-order valence-corrected chi connectivity index (χ3v) is 4.26. The monoisotopic (exact) mass is 260 g/mol. The zero-order valence-corrected chi connectivity index (χ0v) is 10.1. The van der Waals surface area contributed by atoms with Crippen molar-refractivity contribution in [2.75, 3.05) is 0 Å². The molecule has 0 radical (unpaired) electrons. The highest BCUT2D eigenvalue weighted by Gasteiger charge is 2.64. The lowest BCUT2D eigenvalue weighted by Crippen LogP contribution is -2.66. The fraction of sp³-hybridized carbons (Fsp3) is 0.385. The summed E-state index contributed by atoms with van der Waals surface area (Å²) in [6.45, 7) is 0. The molecule has 0 bridgehead atoms. The van der Waals surface area contributed by atoms with Gasteiger partial charge in [0.2, 0.25) is 11.8 Å². The van der Waals surface area contributed by atoms with Crippen LogP contribution < -0.4 is 10.6 Å². The van der Waals surface area contributed by atoms with Crippen LogP contribution in [0.5, 0.6) is 0 Å². The zero-order valence-electron chi connectivity index (χ0n) is 10.1. The van der Waals surface area contributed by atoms with Gasteiger partial charge in [0, 0.05) is 5.41 Å². The van der Waals surface area contributed by atoms with Crippen LogP contribution in [0.4, 0.5) is 4.79 Å². The molecule has 0 aromatic rings. The van der Waals surface area contributed by atoms with E-state index in [1.165, 1.54) is 12.2 Å². The van der Waals surface area contributed by atoms with Gasteiger partial charge in [0.1, 0.15) is 5.41 Å². The molecule has 0 atom stereocenters. The molecule has 2 spiro atoms. The van der Waals surface area contributed by atoms with Crippen LogP contribution in [0.1, 0.15) is 19.3 Å². The minimum absolute atomic E-state index is 0.166. The van der Waals surface area contributed by atoms with Gasteiger partial charge in [0.05, 0.1) is 0 Å². The Kier molecular flexibility index (Phi) is 2.26. The van der Waals surface area contributed by atoms with E-state index in [2.05, 4.69) is 10.6 Å². The van der Waals surface area contributed by atoms with E-state index in [9.17, 15) is 19.2 Å². The van der Waals surface area contributed by atoms with Crippen molar-refractivity contribution < 1.29 is 19.2 Å². The molecule has 6 nitrogen and oxygen atoms in total. The highest BCUT2D eigenvalue weighted by Crippen LogP contribution is 2.56. The Hall–Kier alpha value is -2.24. The van der Waals surface area contributed by atoms with Gasteiger partial charge in [-0.1, -0.05) is 18.6 Å². The molecule has 1 saturated carbocycles. The summed E-state index contributed by atoms with van der Waals surface area (Å²) in [7, 11) is 0. The van der Waals surface area contributed by atoms with Gasteiger partial charge in [0.25, 0.3) is 0 Å². The second-order valence-electron chi connectivity index (χ2n) is 5.11. The van der Waals surface area contributed by atoms with Crippen molar-refractivity contribution in [1.29, 1.82) is 0 Å². The molecule has 0 aromatic carbocycles. The second kappa shape index (κ2) is 3.63. The van der Waals surface area contributed by atoms with E-state index in [4.69, 9.17) is 0 Å². The molecule has 4 amide bonds. The summed E-state index contributed by atoms with van der Waals surface area (Å²) in [5, 5.41) is 4.33. The molecule has 0 aromatic heterocycles. The van der Waals surface area contributed by atoms with E-state index in [0.29, 0.717) is 19.3 Å². The average Bonchev–Trinajstić information content (AvgIpc) is 2.71. The van der Waals surface area contributed by atoms with Crippen molar-refractivity contribution in [2.45, 2.75) is 19.3 Å². The number of imide groups is 2. The lowest BCUT2D eigenvalue weighted by atomic mass is 9.62. The summed E-state index contributed by atoms with van der Waals surface area (Å²) in [6.07, 6.45) is 7.64. The van der Waals surface area contributed by atoms with Crippen molar-refractivity contribution in [3.8, 4) is 0 Å². The van der Waals surface area contributed by atoms with Crippen molar-refractivity contribution >= 4 is 23.6 Å². The molecule has 6 heteroatoms. The Balaban J connectivity index is 2.12. The Morgan fingerprint density at radius 2 is 1.47 bits per heavy atom. The molecular weight excluding hydrogens is 248 g/mol.